The maximum atomic E-state index is 11.9. The van der Waals surface area contributed by atoms with Crippen LogP contribution in [-0.2, 0) is 0 Å². The predicted molar refractivity (Wildman–Crippen MR) is 73.8 cm³/mol. The van der Waals surface area contributed by atoms with E-state index >= 15 is 0 Å². The lowest BCUT2D eigenvalue weighted by Gasteiger charge is -2.05. The van der Waals surface area contributed by atoms with Crippen molar-refractivity contribution in [3.05, 3.63) is 64.7 Å². The monoisotopic (exact) mass is 255 g/mol. The Morgan fingerprint density at radius 2 is 1.94 bits per heavy atom. The molecule has 1 N–H and O–H groups in total. The number of terminal acetylenes is 1. The highest BCUT2D eigenvalue weighted by atomic mass is 35.5. The Balaban J connectivity index is 2.19. The third-order valence-corrected chi connectivity index (χ3v) is 2.61. The molecule has 0 unspecified atom stereocenters. The van der Waals surface area contributed by atoms with Gasteiger partial charge in [-0.3, -0.25) is 4.79 Å². The fraction of sp³-hybridized carbons (Fsp3) is 0. The van der Waals surface area contributed by atoms with Crippen molar-refractivity contribution in [2.75, 3.05) is 5.32 Å². The molecule has 0 fully saturated rings. The zero-order valence-electron chi connectivity index (χ0n) is 9.48. The Morgan fingerprint density at radius 3 is 2.67 bits per heavy atom. The van der Waals surface area contributed by atoms with E-state index in [9.17, 15) is 4.79 Å². The van der Waals surface area contributed by atoms with E-state index in [0.29, 0.717) is 16.3 Å². The fourth-order valence-electron chi connectivity index (χ4n) is 1.52. The molecule has 18 heavy (non-hydrogen) atoms. The van der Waals surface area contributed by atoms with Crippen molar-refractivity contribution < 1.29 is 4.79 Å². The Morgan fingerprint density at radius 1 is 1.17 bits per heavy atom. The summed E-state index contributed by atoms with van der Waals surface area (Å²) in [7, 11) is 0. The van der Waals surface area contributed by atoms with Crippen molar-refractivity contribution in [1.29, 1.82) is 0 Å². The normalized spacial score (nSPS) is 9.56. The van der Waals surface area contributed by atoms with Gasteiger partial charge in [-0.05, 0) is 36.4 Å². The summed E-state index contributed by atoms with van der Waals surface area (Å²) in [4.78, 5) is 11.9. The van der Waals surface area contributed by atoms with Crippen LogP contribution in [-0.4, -0.2) is 5.91 Å². The van der Waals surface area contributed by atoms with Crippen LogP contribution in [0.3, 0.4) is 0 Å². The summed E-state index contributed by atoms with van der Waals surface area (Å²) < 4.78 is 0. The first kappa shape index (κ1) is 12.2. The molecule has 88 valence electrons. The molecule has 2 nitrogen and oxygen atoms in total. The lowest BCUT2D eigenvalue weighted by molar-refractivity contribution is 0.102. The van der Waals surface area contributed by atoms with E-state index in [2.05, 4.69) is 11.2 Å². The quantitative estimate of drug-likeness (QED) is 0.817. The van der Waals surface area contributed by atoms with E-state index in [-0.39, 0.29) is 5.91 Å². The summed E-state index contributed by atoms with van der Waals surface area (Å²) in [6.45, 7) is 0. The van der Waals surface area contributed by atoms with Crippen molar-refractivity contribution in [3.8, 4) is 12.3 Å². The minimum Gasteiger partial charge on any atom is -0.322 e. The van der Waals surface area contributed by atoms with E-state index in [1.807, 2.05) is 0 Å². The highest BCUT2D eigenvalue weighted by Crippen LogP contribution is 2.14. The molecule has 0 aliphatic rings. The van der Waals surface area contributed by atoms with Gasteiger partial charge in [-0.25, -0.2) is 0 Å². The third-order valence-electron chi connectivity index (χ3n) is 2.37. The summed E-state index contributed by atoms with van der Waals surface area (Å²) in [5.41, 5.74) is 1.89. The Bertz CT molecular complexity index is 628. The molecule has 1 amide bonds. The molecular formula is C15H10ClNO. The largest absolute Gasteiger partial charge is 0.322 e. The van der Waals surface area contributed by atoms with E-state index < -0.39 is 0 Å². The van der Waals surface area contributed by atoms with Gasteiger partial charge in [-0.2, -0.15) is 0 Å². The number of amides is 1. The number of benzene rings is 2. The third kappa shape index (κ3) is 2.91. The van der Waals surface area contributed by atoms with Crippen LogP contribution in [0.4, 0.5) is 5.69 Å². The number of hydrogen-bond acceptors (Lipinski definition) is 1. The summed E-state index contributed by atoms with van der Waals surface area (Å²) in [5.74, 6) is 2.30. The molecule has 0 spiro atoms. The maximum absolute atomic E-state index is 11.9. The average Bonchev–Trinajstić information content (AvgIpc) is 2.39. The van der Waals surface area contributed by atoms with Gasteiger partial charge < -0.3 is 5.32 Å². The van der Waals surface area contributed by atoms with Gasteiger partial charge >= 0.3 is 0 Å². The van der Waals surface area contributed by atoms with Crippen LogP contribution in [0.25, 0.3) is 0 Å². The summed E-state index contributed by atoms with van der Waals surface area (Å²) >= 11 is 5.83. The SMILES string of the molecule is C#Cc1cccc(NC(=O)c2cccc(Cl)c2)c1. The molecule has 0 heterocycles. The minimum absolute atomic E-state index is 0.216. The summed E-state index contributed by atoms with van der Waals surface area (Å²) in [5, 5.41) is 3.29. The van der Waals surface area contributed by atoms with E-state index in [1.54, 1.807) is 48.5 Å². The van der Waals surface area contributed by atoms with Crippen molar-refractivity contribution in [2.24, 2.45) is 0 Å². The standard InChI is InChI=1S/C15H10ClNO/c1-2-11-5-3-8-14(9-11)17-15(18)12-6-4-7-13(16)10-12/h1,3-10H,(H,17,18). The molecule has 0 saturated heterocycles. The van der Waals surface area contributed by atoms with Gasteiger partial charge in [0.15, 0.2) is 0 Å². The second-order valence-corrected chi connectivity index (χ2v) is 4.13. The van der Waals surface area contributed by atoms with Crippen LogP contribution >= 0.6 is 11.6 Å². The molecule has 2 aromatic carbocycles. The number of carbonyl (C=O) groups is 1. The van der Waals surface area contributed by atoms with Gasteiger partial charge in [0.1, 0.15) is 0 Å². The minimum atomic E-state index is -0.216. The van der Waals surface area contributed by atoms with Gasteiger partial charge in [0.05, 0.1) is 0 Å². The number of carbonyl (C=O) groups excluding carboxylic acids is 1. The summed E-state index contributed by atoms with van der Waals surface area (Å²) in [6, 6.07) is 13.9. The molecule has 0 aromatic heterocycles. The Labute approximate surface area is 111 Å². The van der Waals surface area contributed by atoms with Crippen molar-refractivity contribution >= 4 is 23.2 Å². The van der Waals surface area contributed by atoms with Crippen LogP contribution in [0.1, 0.15) is 15.9 Å². The van der Waals surface area contributed by atoms with Crippen LogP contribution < -0.4 is 5.32 Å². The Kier molecular flexibility index (Phi) is 3.66. The molecule has 0 aliphatic carbocycles. The number of nitrogens with one attached hydrogen (secondary N) is 1. The number of anilines is 1. The lowest BCUT2D eigenvalue weighted by Crippen LogP contribution is -2.11. The molecule has 0 aliphatic heterocycles. The van der Waals surface area contributed by atoms with Gasteiger partial charge in [0.25, 0.3) is 5.91 Å². The number of hydrogen-bond donors (Lipinski definition) is 1. The van der Waals surface area contributed by atoms with Crippen molar-refractivity contribution in [3.63, 3.8) is 0 Å². The predicted octanol–water partition coefficient (Wildman–Crippen LogP) is 3.57. The molecule has 2 rings (SSSR count). The second kappa shape index (κ2) is 5.39. The molecule has 0 atom stereocenters. The first-order valence-electron chi connectivity index (χ1n) is 5.32. The highest BCUT2D eigenvalue weighted by molar-refractivity contribution is 6.31. The molecule has 0 bridgehead atoms. The fourth-order valence-corrected chi connectivity index (χ4v) is 1.71. The lowest BCUT2D eigenvalue weighted by atomic mass is 10.2. The van der Waals surface area contributed by atoms with Crippen molar-refractivity contribution in [2.45, 2.75) is 0 Å². The molecule has 0 radical (unpaired) electrons. The molecule has 3 heteroatoms. The zero-order valence-corrected chi connectivity index (χ0v) is 10.2. The van der Waals surface area contributed by atoms with Crippen LogP contribution in [0, 0.1) is 12.3 Å². The molecule has 2 aromatic rings. The van der Waals surface area contributed by atoms with Gasteiger partial charge in [-0.1, -0.05) is 29.7 Å². The maximum Gasteiger partial charge on any atom is 0.255 e. The highest BCUT2D eigenvalue weighted by Gasteiger charge is 2.06. The average molecular weight is 256 g/mol. The molecular weight excluding hydrogens is 246 g/mol. The first-order valence-corrected chi connectivity index (χ1v) is 5.70. The van der Waals surface area contributed by atoms with Gasteiger partial charge in [-0.15, -0.1) is 6.42 Å². The summed E-state index contributed by atoms with van der Waals surface area (Å²) in [6.07, 6.45) is 5.30. The number of halogens is 1. The first-order chi connectivity index (χ1) is 8.69. The van der Waals surface area contributed by atoms with Crippen LogP contribution in [0.2, 0.25) is 5.02 Å². The van der Waals surface area contributed by atoms with E-state index in [4.69, 9.17) is 18.0 Å². The van der Waals surface area contributed by atoms with Gasteiger partial charge in [0.2, 0.25) is 0 Å². The number of rotatable bonds is 2. The van der Waals surface area contributed by atoms with Crippen molar-refractivity contribution in [1.82, 2.24) is 0 Å². The smallest absolute Gasteiger partial charge is 0.255 e. The Hall–Kier alpha value is -2.24. The second-order valence-electron chi connectivity index (χ2n) is 3.69. The van der Waals surface area contributed by atoms with Crippen LogP contribution in [0.5, 0.6) is 0 Å². The van der Waals surface area contributed by atoms with E-state index in [1.165, 1.54) is 0 Å². The van der Waals surface area contributed by atoms with Gasteiger partial charge in [0, 0.05) is 21.8 Å². The van der Waals surface area contributed by atoms with Crippen LogP contribution in [0.15, 0.2) is 48.5 Å². The molecule has 0 saturated carbocycles. The van der Waals surface area contributed by atoms with E-state index in [0.717, 1.165) is 5.56 Å². The topological polar surface area (TPSA) is 29.1 Å². The zero-order chi connectivity index (χ0) is 13.0.